The number of amides is 1. The Labute approximate surface area is 165 Å². The summed E-state index contributed by atoms with van der Waals surface area (Å²) in [5.74, 6) is -0.154. The maximum absolute atomic E-state index is 12.9. The van der Waals surface area contributed by atoms with Gasteiger partial charge in [0.2, 0.25) is 0 Å². The van der Waals surface area contributed by atoms with Crippen LogP contribution < -0.4 is 15.8 Å². The summed E-state index contributed by atoms with van der Waals surface area (Å²) < 4.78 is 3.33. The fourth-order valence-corrected chi connectivity index (χ4v) is 3.32. The van der Waals surface area contributed by atoms with Crippen molar-refractivity contribution in [1.82, 2.24) is 9.36 Å². The molecular weight excluding hydrogens is 352 g/mol. The number of carbonyl (C=O) groups excluding carboxylic acids is 1. The van der Waals surface area contributed by atoms with Crippen LogP contribution in [0.5, 0.6) is 0 Å². The zero-order chi connectivity index (χ0) is 20.1. The lowest BCUT2D eigenvalue weighted by molar-refractivity contribution is -0.903. The van der Waals surface area contributed by atoms with Crippen LogP contribution in [0.15, 0.2) is 65.5 Å². The van der Waals surface area contributed by atoms with Crippen molar-refractivity contribution in [3.63, 3.8) is 0 Å². The van der Waals surface area contributed by atoms with Gasteiger partial charge in [-0.1, -0.05) is 48.5 Å². The Hall–Kier alpha value is -3.12. The van der Waals surface area contributed by atoms with Crippen molar-refractivity contribution in [2.75, 3.05) is 18.4 Å². The summed E-state index contributed by atoms with van der Waals surface area (Å²) in [5.41, 5.74) is 2.80. The number of hydrogen-bond acceptors (Lipinski definition) is 2. The van der Waals surface area contributed by atoms with Crippen LogP contribution in [-0.2, 0) is 18.4 Å². The van der Waals surface area contributed by atoms with E-state index in [4.69, 9.17) is 0 Å². The SMILES string of the molecule is CC[NH+](CC(=O)Nc1c(C)n(C)n(-c2ccccc2)c1=O)Cc1ccccc1. The van der Waals surface area contributed by atoms with E-state index in [0.717, 1.165) is 29.4 Å². The summed E-state index contributed by atoms with van der Waals surface area (Å²) >= 11 is 0. The number of anilines is 1. The molecule has 146 valence electrons. The van der Waals surface area contributed by atoms with E-state index < -0.39 is 0 Å². The number of rotatable bonds is 7. The zero-order valence-corrected chi connectivity index (χ0v) is 16.6. The zero-order valence-electron chi connectivity index (χ0n) is 16.6. The second kappa shape index (κ2) is 8.71. The first-order valence-electron chi connectivity index (χ1n) is 9.52. The summed E-state index contributed by atoms with van der Waals surface area (Å²) in [6.45, 7) is 5.80. The van der Waals surface area contributed by atoms with Crippen molar-refractivity contribution in [2.24, 2.45) is 7.05 Å². The van der Waals surface area contributed by atoms with Gasteiger partial charge >= 0.3 is 0 Å². The Morgan fingerprint density at radius 3 is 2.25 bits per heavy atom. The molecule has 2 N–H and O–H groups in total. The van der Waals surface area contributed by atoms with Crippen LogP contribution in [0.2, 0.25) is 0 Å². The minimum atomic E-state index is -0.222. The molecule has 6 nitrogen and oxygen atoms in total. The third-order valence-corrected chi connectivity index (χ3v) is 5.03. The van der Waals surface area contributed by atoms with E-state index in [1.807, 2.05) is 62.5 Å². The van der Waals surface area contributed by atoms with Gasteiger partial charge in [0.15, 0.2) is 6.54 Å². The standard InChI is InChI=1S/C22H26N4O2/c1-4-25(15-18-11-7-5-8-12-18)16-20(27)23-21-17(2)24(3)26(22(21)28)19-13-9-6-10-14-19/h5-14H,4,15-16H2,1-3H3,(H,23,27)/p+1. The summed E-state index contributed by atoms with van der Waals surface area (Å²) in [4.78, 5) is 26.7. The molecule has 28 heavy (non-hydrogen) atoms. The van der Waals surface area contributed by atoms with Gasteiger partial charge in [-0.25, -0.2) is 4.68 Å². The van der Waals surface area contributed by atoms with Gasteiger partial charge < -0.3 is 10.2 Å². The van der Waals surface area contributed by atoms with E-state index in [0.29, 0.717) is 12.2 Å². The molecule has 3 aromatic rings. The molecule has 0 aliphatic heterocycles. The normalized spacial score (nSPS) is 12.0. The number of para-hydroxylation sites is 1. The number of carbonyl (C=O) groups is 1. The number of nitrogens with one attached hydrogen (secondary N) is 2. The third kappa shape index (κ3) is 4.23. The van der Waals surface area contributed by atoms with Crippen LogP contribution in [0.3, 0.4) is 0 Å². The smallest absolute Gasteiger partial charge is 0.295 e. The molecule has 0 fully saturated rings. The van der Waals surface area contributed by atoms with E-state index >= 15 is 0 Å². The largest absolute Gasteiger partial charge is 0.324 e. The van der Waals surface area contributed by atoms with Crippen LogP contribution in [0.1, 0.15) is 18.2 Å². The summed E-state index contributed by atoms with van der Waals surface area (Å²) in [7, 11) is 1.82. The molecule has 0 saturated carbocycles. The summed E-state index contributed by atoms with van der Waals surface area (Å²) in [5, 5.41) is 2.85. The minimum absolute atomic E-state index is 0.154. The first-order valence-corrected chi connectivity index (χ1v) is 9.52. The lowest BCUT2D eigenvalue weighted by Crippen LogP contribution is -3.11. The Kier molecular flexibility index (Phi) is 6.11. The highest BCUT2D eigenvalue weighted by Crippen LogP contribution is 2.13. The van der Waals surface area contributed by atoms with Crippen LogP contribution >= 0.6 is 0 Å². The van der Waals surface area contributed by atoms with Crippen molar-refractivity contribution < 1.29 is 9.69 Å². The van der Waals surface area contributed by atoms with Gasteiger partial charge in [0.1, 0.15) is 12.2 Å². The molecule has 1 unspecified atom stereocenters. The molecule has 0 radical (unpaired) electrons. The topological polar surface area (TPSA) is 60.5 Å². The van der Waals surface area contributed by atoms with Crippen LogP contribution in [0.4, 0.5) is 5.69 Å². The minimum Gasteiger partial charge on any atom is -0.324 e. The average molecular weight is 379 g/mol. The Morgan fingerprint density at radius 1 is 1.04 bits per heavy atom. The van der Waals surface area contributed by atoms with Gasteiger partial charge in [0.25, 0.3) is 11.5 Å². The molecule has 3 rings (SSSR count). The molecule has 0 aliphatic carbocycles. The van der Waals surface area contributed by atoms with Gasteiger partial charge in [-0.3, -0.25) is 14.3 Å². The number of aromatic nitrogens is 2. The average Bonchev–Trinajstić information content (AvgIpc) is 2.92. The Morgan fingerprint density at radius 2 is 1.64 bits per heavy atom. The molecular formula is C22H27N4O2+. The van der Waals surface area contributed by atoms with E-state index in [2.05, 4.69) is 24.4 Å². The molecule has 6 heteroatoms. The Bertz CT molecular complexity index is 991. The van der Waals surface area contributed by atoms with E-state index in [1.54, 1.807) is 9.36 Å². The van der Waals surface area contributed by atoms with Crippen molar-refractivity contribution >= 4 is 11.6 Å². The quantitative estimate of drug-likeness (QED) is 0.654. The highest BCUT2D eigenvalue weighted by molar-refractivity contribution is 5.91. The first kappa shape index (κ1) is 19.6. The predicted octanol–water partition coefficient (Wildman–Crippen LogP) is 1.53. The maximum Gasteiger partial charge on any atom is 0.295 e. The monoisotopic (exact) mass is 379 g/mol. The summed E-state index contributed by atoms with van der Waals surface area (Å²) in [6, 6.07) is 19.5. The highest BCUT2D eigenvalue weighted by Gasteiger charge is 2.20. The van der Waals surface area contributed by atoms with Gasteiger partial charge in [-0.05, 0) is 26.0 Å². The van der Waals surface area contributed by atoms with E-state index in [9.17, 15) is 9.59 Å². The van der Waals surface area contributed by atoms with Crippen molar-refractivity contribution in [2.45, 2.75) is 20.4 Å². The lowest BCUT2D eigenvalue weighted by atomic mass is 10.2. The summed E-state index contributed by atoms with van der Waals surface area (Å²) in [6.07, 6.45) is 0. The third-order valence-electron chi connectivity index (χ3n) is 5.03. The second-order valence-electron chi connectivity index (χ2n) is 6.93. The van der Waals surface area contributed by atoms with Crippen molar-refractivity contribution in [3.05, 3.63) is 82.3 Å². The Balaban J connectivity index is 1.76. The fraction of sp³-hybridized carbons (Fsp3) is 0.273. The maximum atomic E-state index is 12.9. The van der Waals surface area contributed by atoms with E-state index in [-0.39, 0.29) is 11.5 Å². The van der Waals surface area contributed by atoms with Crippen molar-refractivity contribution in [1.29, 1.82) is 0 Å². The fourth-order valence-electron chi connectivity index (χ4n) is 3.32. The molecule has 1 aromatic heterocycles. The molecule has 1 amide bonds. The van der Waals surface area contributed by atoms with Gasteiger partial charge in [-0.15, -0.1) is 0 Å². The second-order valence-corrected chi connectivity index (χ2v) is 6.93. The van der Waals surface area contributed by atoms with Gasteiger partial charge in [0.05, 0.1) is 17.9 Å². The van der Waals surface area contributed by atoms with Crippen LogP contribution in [-0.4, -0.2) is 28.4 Å². The molecule has 2 aromatic carbocycles. The molecule has 0 spiro atoms. The van der Waals surface area contributed by atoms with Gasteiger partial charge in [0, 0.05) is 12.6 Å². The lowest BCUT2D eigenvalue weighted by Gasteiger charge is -2.17. The molecule has 1 heterocycles. The van der Waals surface area contributed by atoms with E-state index in [1.165, 1.54) is 5.56 Å². The number of hydrogen-bond donors (Lipinski definition) is 2. The molecule has 0 aliphatic rings. The molecule has 1 atom stereocenters. The van der Waals surface area contributed by atoms with Crippen LogP contribution in [0.25, 0.3) is 5.69 Å². The first-order chi connectivity index (χ1) is 13.5. The highest BCUT2D eigenvalue weighted by atomic mass is 16.2. The van der Waals surface area contributed by atoms with Crippen molar-refractivity contribution in [3.8, 4) is 5.69 Å². The number of nitrogens with zero attached hydrogens (tertiary/aromatic N) is 2. The van der Waals surface area contributed by atoms with Gasteiger partial charge in [-0.2, -0.15) is 0 Å². The van der Waals surface area contributed by atoms with Crippen LogP contribution in [0, 0.1) is 6.92 Å². The number of benzene rings is 2. The molecule has 0 saturated heterocycles. The molecule has 0 bridgehead atoms. The predicted molar refractivity (Wildman–Crippen MR) is 111 cm³/mol. The number of quaternary nitrogens is 1. The number of likely N-dealkylation sites (N-methyl/N-ethyl adjacent to an activating group) is 1.